The lowest BCUT2D eigenvalue weighted by Crippen LogP contribution is -2.31. The number of alkyl halides is 3. The molecule has 0 unspecified atom stereocenters. The molecule has 2 heterocycles. The molecule has 8 nitrogen and oxygen atoms in total. The highest BCUT2D eigenvalue weighted by Crippen LogP contribution is 2.29. The summed E-state index contributed by atoms with van der Waals surface area (Å²) >= 11 is 0. The molecule has 3 aromatic rings. The van der Waals surface area contributed by atoms with Crippen LogP contribution in [0.2, 0.25) is 0 Å². The number of halogens is 3. The van der Waals surface area contributed by atoms with Crippen LogP contribution in [0.5, 0.6) is 0 Å². The molecule has 1 N–H and O–H groups in total. The molecule has 0 aliphatic carbocycles. The normalized spacial score (nSPS) is 11.4. The monoisotopic (exact) mass is 379 g/mol. The fourth-order valence-corrected chi connectivity index (χ4v) is 2.34. The Hall–Kier alpha value is -3.37. The van der Waals surface area contributed by atoms with Gasteiger partial charge < -0.3 is 10.2 Å². The minimum Gasteiger partial charge on any atom is -0.322 e. The van der Waals surface area contributed by atoms with Crippen molar-refractivity contribution in [2.24, 2.45) is 7.05 Å². The Kier molecular flexibility index (Phi) is 4.84. The third-order valence-electron chi connectivity index (χ3n) is 3.67. The van der Waals surface area contributed by atoms with Crippen LogP contribution in [-0.4, -0.2) is 42.8 Å². The number of nitrogens with one attached hydrogen (secondary N) is 1. The van der Waals surface area contributed by atoms with Crippen LogP contribution < -0.4 is 5.32 Å². The van der Waals surface area contributed by atoms with Crippen LogP contribution in [0.4, 0.5) is 23.7 Å². The number of aromatic nitrogens is 5. The summed E-state index contributed by atoms with van der Waals surface area (Å²) < 4.78 is 40.8. The quantitative estimate of drug-likeness (QED) is 0.756. The van der Waals surface area contributed by atoms with Crippen LogP contribution in [-0.2, 0) is 19.8 Å². The zero-order valence-electron chi connectivity index (χ0n) is 14.5. The van der Waals surface area contributed by atoms with Crippen molar-refractivity contribution in [1.82, 2.24) is 29.7 Å². The average molecular weight is 379 g/mol. The highest BCUT2D eigenvalue weighted by molar-refractivity contribution is 5.89. The van der Waals surface area contributed by atoms with E-state index in [1.807, 2.05) is 0 Å². The molecule has 0 aliphatic rings. The maximum atomic E-state index is 12.7. The molecule has 3 rings (SSSR count). The largest absolute Gasteiger partial charge is 0.419 e. The van der Waals surface area contributed by atoms with Gasteiger partial charge in [0.15, 0.2) is 0 Å². The summed E-state index contributed by atoms with van der Waals surface area (Å²) in [6, 6.07) is 5.97. The minimum atomic E-state index is -4.47. The number of benzene rings is 1. The number of anilines is 1. The van der Waals surface area contributed by atoms with Crippen LogP contribution in [0.15, 0.2) is 42.9 Å². The number of hydrogen-bond donors (Lipinski definition) is 1. The van der Waals surface area contributed by atoms with E-state index in [0.29, 0.717) is 17.1 Å². The van der Waals surface area contributed by atoms with Gasteiger partial charge in [0.25, 0.3) is 0 Å². The molecule has 0 spiro atoms. The number of amides is 2. The zero-order valence-corrected chi connectivity index (χ0v) is 14.5. The summed E-state index contributed by atoms with van der Waals surface area (Å²) in [6.07, 6.45) is -1.13. The smallest absolute Gasteiger partial charge is 0.322 e. The molecule has 0 saturated carbocycles. The van der Waals surface area contributed by atoms with Gasteiger partial charge in [-0.2, -0.15) is 18.3 Å². The standard InChI is InChI=1S/C16H16F3N7O/c1-24(9-13-10-25(2)23-22-13)15(27)21-12-4-3-5-14(6-12)26-8-11(7-20-26)16(17,18)19/h3-8,10H,9H2,1-2H3,(H,21,27). The van der Waals surface area contributed by atoms with Gasteiger partial charge in [0, 0.05) is 32.2 Å². The van der Waals surface area contributed by atoms with Crippen molar-refractivity contribution in [3.8, 4) is 5.69 Å². The minimum absolute atomic E-state index is 0.257. The van der Waals surface area contributed by atoms with Gasteiger partial charge in [0.2, 0.25) is 0 Å². The van der Waals surface area contributed by atoms with E-state index < -0.39 is 17.8 Å². The van der Waals surface area contributed by atoms with Gasteiger partial charge in [-0.3, -0.25) is 4.68 Å². The molecule has 11 heteroatoms. The van der Waals surface area contributed by atoms with E-state index in [0.717, 1.165) is 17.1 Å². The Labute approximate surface area is 152 Å². The number of nitrogens with zero attached hydrogens (tertiary/aromatic N) is 6. The number of rotatable bonds is 4. The molecule has 0 aliphatic heterocycles. The topological polar surface area (TPSA) is 80.9 Å². The van der Waals surface area contributed by atoms with E-state index >= 15 is 0 Å². The molecule has 0 radical (unpaired) electrons. The second kappa shape index (κ2) is 7.09. The molecule has 27 heavy (non-hydrogen) atoms. The average Bonchev–Trinajstić information content (AvgIpc) is 3.24. The lowest BCUT2D eigenvalue weighted by atomic mass is 10.2. The van der Waals surface area contributed by atoms with Crippen molar-refractivity contribution in [2.45, 2.75) is 12.7 Å². The molecule has 2 aromatic heterocycles. The van der Waals surface area contributed by atoms with Gasteiger partial charge >= 0.3 is 12.2 Å². The number of carbonyl (C=O) groups is 1. The Morgan fingerprint density at radius 3 is 2.70 bits per heavy atom. The second-order valence-corrected chi connectivity index (χ2v) is 5.89. The lowest BCUT2D eigenvalue weighted by molar-refractivity contribution is -0.137. The molecule has 0 atom stereocenters. The molecule has 0 saturated heterocycles. The summed E-state index contributed by atoms with van der Waals surface area (Å²) in [5, 5.41) is 14.1. The predicted octanol–water partition coefficient (Wildman–Crippen LogP) is 2.68. The number of carbonyl (C=O) groups excluding carboxylic acids is 1. The molecular formula is C16H16F3N7O. The molecular weight excluding hydrogens is 363 g/mol. The van der Waals surface area contributed by atoms with E-state index in [2.05, 4.69) is 20.7 Å². The number of hydrogen-bond acceptors (Lipinski definition) is 4. The van der Waals surface area contributed by atoms with Gasteiger partial charge in [0.05, 0.1) is 24.0 Å². The van der Waals surface area contributed by atoms with E-state index in [-0.39, 0.29) is 6.54 Å². The van der Waals surface area contributed by atoms with Gasteiger partial charge in [-0.15, -0.1) is 5.10 Å². The molecule has 2 amide bonds. The first-order valence-electron chi connectivity index (χ1n) is 7.82. The molecule has 0 fully saturated rings. The van der Waals surface area contributed by atoms with Gasteiger partial charge in [-0.1, -0.05) is 11.3 Å². The first-order chi connectivity index (χ1) is 12.7. The Morgan fingerprint density at radius 1 is 1.30 bits per heavy atom. The van der Waals surface area contributed by atoms with Crippen molar-refractivity contribution < 1.29 is 18.0 Å². The molecule has 142 valence electrons. The summed E-state index contributed by atoms with van der Waals surface area (Å²) in [5.74, 6) is 0. The molecule has 1 aromatic carbocycles. The SMILES string of the molecule is CN(Cc1cn(C)nn1)C(=O)Nc1cccc(-n2cc(C(F)(F)F)cn2)c1. The van der Waals surface area contributed by atoms with E-state index in [1.165, 1.54) is 15.6 Å². The van der Waals surface area contributed by atoms with Crippen molar-refractivity contribution >= 4 is 11.7 Å². The third kappa shape index (κ3) is 4.43. The second-order valence-electron chi connectivity index (χ2n) is 5.89. The summed E-state index contributed by atoms with van der Waals surface area (Å²) in [5.41, 5.74) is 0.591. The van der Waals surface area contributed by atoms with Crippen LogP contribution in [0.1, 0.15) is 11.3 Å². The third-order valence-corrected chi connectivity index (χ3v) is 3.67. The predicted molar refractivity (Wildman–Crippen MR) is 90.1 cm³/mol. The lowest BCUT2D eigenvalue weighted by Gasteiger charge is -2.17. The Morgan fingerprint density at radius 2 is 2.07 bits per heavy atom. The Bertz CT molecular complexity index is 947. The fourth-order valence-electron chi connectivity index (χ4n) is 2.34. The van der Waals surface area contributed by atoms with Crippen molar-refractivity contribution in [3.63, 3.8) is 0 Å². The highest BCUT2D eigenvalue weighted by atomic mass is 19.4. The number of aryl methyl sites for hydroxylation is 1. The van der Waals surface area contributed by atoms with E-state index in [4.69, 9.17) is 0 Å². The summed E-state index contributed by atoms with van der Waals surface area (Å²) in [7, 11) is 3.32. The van der Waals surface area contributed by atoms with Crippen LogP contribution in [0.25, 0.3) is 5.69 Å². The summed E-state index contributed by atoms with van der Waals surface area (Å²) in [6.45, 7) is 0.257. The van der Waals surface area contributed by atoms with Crippen LogP contribution in [0.3, 0.4) is 0 Å². The van der Waals surface area contributed by atoms with Gasteiger partial charge in [0.1, 0.15) is 5.69 Å². The highest BCUT2D eigenvalue weighted by Gasteiger charge is 2.32. The van der Waals surface area contributed by atoms with Gasteiger partial charge in [-0.25, -0.2) is 9.48 Å². The first-order valence-corrected chi connectivity index (χ1v) is 7.82. The number of urea groups is 1. The Balaban J connectivity index is 1.70. The maximum Gasteiger partial charge on any atom is 0.419 e. The van der Waals surface area contributed by atoms with Crippen molar-refractivity contribution in [2.75, 3.05) is 12.4 Å². The summed E-state index contributed by atoms with van der Waals surface area (Å²) in [4.78, 5) is 13.7. The van der Waals surface area contributed by atoms with Crippen LogP contribution >= 0.6 is 0 Å². The zero-order chi connectivity index (χ0) is 19.6. The fraction of sp³-hybridized carbons (Fsp3) is 0.250. The van der Waals surface area contributed by atoms with Gasteiger partial charge in [-0.05, 0) is 18.2 Å². The van der Waals surface area contributed by atoms with Crippen LogP contribution in [0, 0.1) is 0 Å². The first kappa shape index (κ1) is 18.4. The van der Waals surface area contributed by atoms with Crippen molar-refractivity contribution in [1.29, 1.82) is 0 Å². The van der Waals surface area contributed by atoms with E-state index in [1.54, 1.807) is 38.5 Å². The molecule has 0 bridgehead atoms. The van der Waals surface area contributed by atoms with Crippen molar-refractivity contribution in [3.05, 3.63) is 54.1 Å². The van der Waals surface area contributed by atoms with E-state index in [9.17, 15) is 18.0 Å². The maximum absolute atomic E-state index is 12.7.